The number of aryl methyl sites for hydroxylation is 1. The first-order valence-electron chi connectivity index (χ1n) is 6.50. The number of hydrogen-bond donors (Lipinski definition) is 4. The van der Waals surface area contributed by atoms with E-state index in [1.54, 1.807) is 12.1 Å². The van der Waals surface area contributed by atoms with Gasteiger partial charge in [-0.3, -0.25) is 9.59 Å². The highest BCUT2D eigenvalue weighted by Crippen LogP contribution is 2.20. The molecule has 0 saturated carbocycles. The highest BCUT2D eigenvalue weighted by Gasteiger charge is 2.18. The van der Waals surface area contributed by atoms with Gasteiger partial charge < -0.3 is 21.5 Å². The molecular weight excluding hydrogens is 274 g/mol. The highest BCUT2D eigenvalue weighted by atomic mass is 16.4. The SMILES string of the molecule is Cc1ccccc1C(CC(=O)NCCC(=O)O)NC(N)=O. The summed E-state index contributed by atoms with van der Waals surface area (Å²) in [6.45, 7) is 1.92. The van der Waals surface area contributed by atoms with Crippen LogP contribution in [0.3, 0.4) is 0 Å². The molecule has 0 bridgehead atoms. The summed E-state index contributed by atoms with van der Waals surface area (Å²) in [5.74, 6) is -1.33. The van der Waals surface area contributed by atoms with E-state index in [9.17, 15) is 14.4 Å². The summed E-state index contributed by atoms with van der Waals surface area (Å²) >= 11 is 0. The molecule has 7 nitrogen and oxygen atoms in total. The van der Waals surface area contributed by atoms with Gasteiger partial charge in [-0.15, -0.1) is 0 Å². The number of hydrogen-bond acceptors (Lipinski definition) is 3. The van der Waals surface area contributed by atoms with Gasteiger partial charge in [-0.1, -0.05) is 24.3 Å². The summed E-state index contributed by atoms with van der Waals surface area (Å²) in [6, 6.07) is 6.07. The average molecular weight is 293 g/mol. The molecule has 3 amide bonds. The van der Waals surface area contributed by atoms with Crippen LogP contribution in [0.4, 0.5) is 4.79 Å². The summed E-state index contributed by atoms with van der Waals surface area (Å²) in [5, 5.41) is 13.5. The molecule has 0 heterocycles. The molecule has 0 aliphatic rings. The zero-order chi connectivity index (χ0) is 15.8. The van der Waals surface area contributed by atoms with Crippen molar-refractivity contribution in [1.29, 1.82) is 0 Å². The van der Waals surface area contributed by atoms with Crippen LogP contribution in [0.5, 0.6) is 0 Å². The van der Waals surface area contributed by atoms with Crippen molar-refractivity contribution in [2.45, 2.75) is 25.8 Å². The molecule has 1 unspecified atom stereocenters. The van der Waals surface area contributed by atoms with Gasteiger partial charge in [0, 0.05) is 6.54 Å². The minimum absolute atomic E-state index is 0.00654. The van der Waals surface area contributed by atoms with Crippen molar-refractivity contribution in [2.24, 2.45) is 5.73 Å². The number of nitrogens with one attached hydrogen (secondary N) is 2. The smallest absolute Gasteiger partial charge is 0.312 e. The molecule has 0 spiro atoms. The number of aliphatic carboxylic acids is 1. The van der Waals surface area contributed by atoms with E-state index < -0.39 is 18.0 Å². The Morgan fingerprint density at radius 3 is 2.52 bits per heavy atom. The molecule has 0 fully saturated rings. The molecule has 114 valence electrons. The van der Waals surface area contributed by atoms with Crippen molar-refractivity contribution >= 4 is 17.9 Å². The lowest BCUT2D eigenvalue weighted by molar-refractivity contribution is -0.136. The molecule has 1 aromatic carbocycles. The van der Waals surface area contributed by atoms with Crippen LogP contribution in [0.15, 0.2) is 24.3 Å². The Morgan fingerprint density at radius 1 is 1.29 bits per heavy atom. The van der Waals surface area contributed by atoms with Crippen LogP contribution < -0.4 is 16.4 Å². The van der Waals surface area contributed by atoms with Crippen LogP contribution in [-0.4, -0.2) is 29.6 Å². The molecule has 0 saturated heterocycles. The number of primary amides is 1. The van der Waals surface area contributed by atoms with E-state index in [1.807, 2.05) is 19.1 Å². The maximum absolute atomic E-state index is 11.8. The second kappa shape index (κ2) is 7.88. The first-order valence-corrected chi connectivity index (χ1v) is 6.50. The second-order valence-electron chi connectivity index (χ2n) is 4.62. The van der Waals surface area contributed by atoms with Crippen LogP contribution in [0, 0.1) is 6.92 Å². The zero-order valence-electron chi connectivity index (χ0n) is 11.8. The topological polar surface area (TPSA) is 122 Å². The lowest BCUT2D eigenvalue weighted by atomic mass is 9.98. The summed E-state index contributed by atoms with van der Waals surface area (Å²) in [7, 11) is 0. The van der Waals surface area contributed by atoms with Gasteiger partial charge in [0.05, 0.1) is 18.9 Å². The lowest BCUT2D eigenvalue weighted by Crippen LogP contribution is -2.37. The molecule has 5 N–H and O–H groups in total. The van der Waals surface area contributed by atoms with Gasteiger partial charge in [0.25, 0.3) is 0 Å². The Kier molecular flexibility index (Phi) is 6.19. The van der Waals surface area contributed by atoms with E-state index in [1.165, 1.54) is 0 Å². The predicted molar refractivity (Wildman–Crippen MR) is 76.5 cm³/mol. The number of benzene rings is 1. The fraction of sp³-hybridized carbons (Fsp3) is 0.357. The molecule has 7 heteroatoms. The number of carbonyl (C=O) groups excluding carboxylic acids is 2. The Morgan fingerprint density at radius 2 is 1.95 bits per heavy atom. The number of carbonyl (C=O) groups is 3. The fourth-order valence-electron chi connectivity index (χ4n) is 1.95. The lowest BCUT2D eigenvalue weighted by Gasteiger charge is -2.19. The maximum Gasteiger partial charge on any atom is 0.312 e. The highest BCUT2D eigenvalue weighted by molar-refractivity contribution is 5.79. The van der Waals surface area contributed by atoms with Gasteiger partial charge in [-0.2, -0.15) is 0 Å². The van der Waals surface area contributed by atoms with Gasteiger partial charge in [-0.05, 0) is 18.1 Å². The number of urea groups is 1. The summed E-state index contributed by atoms with van der Waals surface area (Å²) in [4.78, 5) is 33.3. The first-order chi connectivity index (χ1) is 9.90. The van der Waals surface area contributed by atoms with E-state index in [4.69, 9.17) is 10.8 Å². The van der Waals surface area contributed by atoms with Crippen LogP contribution in [0.2, 0.25) is 0 Å². The number of carboxylic acid groups (broad SMARTS) is 1. The third-order valence-electron chi connectivity index (χ3n) is 2.93. The minimum Gasteiger partial charge on any atom is -0.481 e. The molecule has 1 aromatic rings. The van der Waals surface area contributed by atoms with E-state index >= 15 is 0 Å². The van der Waals surface area contributed by atoms with Crippen molar-refractivity contribution < 1.29 is 19.5 Å². The van der Waals surface area contributed by atoms with Crippen LogP contribution in [0.1, 0.15) is 30.0 Å². The van der Waals surface area contributed by atoms with Crippen LogP contribution >= 0.6 is 0 Å². The average Bonchev–Trinajstić information content (AvgIpc) is 2.37. The number of nitrogens with two attached hydrogens (primary N) is 1. The predicted octanol–water partition coefficient (Wildman–Crippen LogP) is 0.685. The fourth-order valence-corrected chi connectivity index (χ4v) is 1.95. The van der Waals surface area contributed by atoms with Crippen molar-refractivity contribution in [3.8, 4) is 0 Å². The van der Waals surface area contributed by atoms with Gasteiger partial charge >= 0.3 is 12.0 Å². The van der Waals surface area contributed by atoms with Crippen molar-refractivity contribution in [3.63, 3.8) is 0 Å². The van der Waals surface area contributed by atoms with E-state index in [0.717, 1.165) is 11.1 Å². The van der Waals surface area contributed by atoms with Crippen molar-refractivity contribution in [3.05, 3.63) is 35.4 Å². The molecule has 0 aliphatic heterocycles. The number of rotatable bonds is 7. The van der Waals surface area contributed by atoms with Gasteiger partial charge in [0.1, 0.15) is 0 Å². The van der Waals surface area contributed by atoms with Crippen LogP contribution in [-0.2, 0) is 9.59 Å². The quantitative estimate of drug-likeness (QED) is 0.590. The molecule has 21 heavy (non-hydrogen) atoms. The largest absolute Gasteiger partial charge is 0.481 e. The molecule has 1 atom stereocenters. The molecule has 0 aliphatic carbocycles. The van der Waals surface area contributed by atoms with Crippen LogP contribution in [0.25, 0.3) is 0 Å². The summed E-state index contributed by atoms with van der Waals surface area (Å²) < 4.78 is 0. The maximum atomic E-state index is 11.8. The third kappa shape index (κ3) is 5.94. The Labute approximate surface area is 122 Å². The normalized spacial score (nSPS) is 11.5. The van der Waals surface area contributed by atoms with Gasteiger partial charge in [0.2, 0.25) is 5.91 Å². The van der Waals surface area contributed by atoms with Crippen molar-refractivity contribution in [2.75, 3.05) is 6.54 Å². The summed E-state index contributed by atoms with van der Waals surface area (Å²) in [5.41, 5.74) is 6.86. The van der Waals surface area contributed by atoms with E-state index in [2.05, 4.69) is 10.6 Å². The number of carboxylic acids is 1. The standard InChI is InChI=1S/C14H19N3O4/c1-9-4-2-3-5-10(9)11(17-14(15)21)8-12(18)16-7-6-13(19)20/h2-5,11H,6-8H2,1H3,(H,16,18)(H,19,20)(H3,15,17,21). The second-order valence-corrected chi connectivity index (χ2v) is 4.62. The Hall–Kier alpha value is -2.57. The first kappa shape index (κ1) is 16.5. The molecule has 0 aromatic heterocycles. The van der Waals surface area contributed by atoms with E-state index in [-0.39, 0.29) is 25.3 Å². The van der Waals surface area contributed by atoms with E-state index in [0.29, 0.717) is 0 Å². The monoisotopic (exact) mass is 293 g/mol. The van der Waals surface area contributed by atoms with Gasteiger partial charge in [-0.25, -0.2) is 4.79 Å². The number of amides is 3. The Bertz CT molecular complexity index is 531. The minimum atomic E-state index is -0.985. The molecule has 0 radical (unpaired) electrons. The van der Waals surface area contributed by atoms with Gasteiger partial charge in [0.15, 0.2) is 0 Å². The third-order valence-corrected chi connectivity index (χ3v) is 2.93. The summed E-state index contributed by atoms with van der Waals surface area (Å²) in [6.07, 6.45) is -0.155. The van der Waals surface area contributed by atoms with Crippen molar-refractivity contribution in [1.82, 2.24) is 10.6 Å². The molecule has 1 rings (SSSR count). The Balaban J connectivity index is 2.71. The zero-order valence-corrected chi connectivity index (χ0v) is 11.8. The molecular formula is C14H19N3O4.